The summed E-state index contributed by atoms with van der Waals surface area (Å²) < 4.78 is 19.6. The highest BCUT2D eigenvalue weighted by molar-refractivity contribution is 5.88. The summed E-state index contributed by atoms with van der Waals surface area (Å²) in [5, 5.41) is 3.56. The maximum atomic E-state index is 14.1. The Bertz CT molecular complexity index is 923. The predicted octanol–water partition coefficient (Wildman–Crippen LogP) is 4.04. The summed E-state index contributed by atoms with van der Waals surface area (Å²) in [6.07, 6.45) is 2.52. The van der Waals surface area contributed by atoms with Crippen molar-refractivity contribution in [1.82, 2.24) is 15.2 Å². The first-order valence-electron chi connectivity index (χ1n) is 9.86. The zero-order chi connectivity index (χ0) is 19.9. The Morgan fingerprint density at radius 2 is 2.00 bits per heavy atom. The number of carbonyl (C=O) groups excluding carboxylic acids is 1. The number of carbonyl (C=O) groups is 1. The van der Waals surface area contributed by atoms with Gasteiger partial charge in [0.2, 0.25) is 5.91 Å². The Labute approximate surface area is 177 Å². The van der Waals surface area contributed by atoms with Crippen molar-refractivity contribution in [1.29, 1.82) is 0 Å². The highest BCUT2D eigenvalue weighted by Gasteiger charge is 2.50. The van der Waals surface area contributed by atoms with E-state index in [1.54, 1.807) is 4.90 Å². The van der Waals surface area contributed by atoms with E-state index in [9.17, 15) is 9.18 Å². The van der Waals surface area contributed by atoms with E-state index in [2.05, 4.69) is 5.32 Å². The smallest absolute Gasteiger partial charge is 0.242 e. The number of hydrogen-bond acceptors (Lipinski definition) is 4. The van der Waals surface area contributed by atoms with Gasteiger partial charge in [0.25, 0.3) is 0 Å². The molecule has 2 saturated heterocycles. The first-order chi connectivity index (χ1) is 13.4. The zero-order valence-electron chi connectivity index (χ0n) is 17.0. The number of pyridine rings is 1. The van der Waals surface area contributed by atoms with Crippen LogP contribution in [0.1, 0.15) is 43.6 Å². The van der Waals surface area contributed by atoms with E-state index < -0.39 is 5.54 Å². The van der Waals surface area contributed by atoms with E-state index >= 15 is 0 Å². The molecule has 29 heavy (non-hydrogen) atoms. The quantitative estimate of drug-likeness (QED) is 0.812. The molecule has 0 bridgehead atoms. The molecule has 2 aromatic rings. The van der Waals surface area contributed by atoms with Crippen LogP contribution in [0, 0.1) is 12.7 Å². The molecule has 2 aliphatic rings. The van der Waals surface area contributed by atoms with E-state index in [1.807, 2.05) is 39.1 Å². The Balaban J connectivity index is 0.00000240. The summed E-state index contributed by atoms with van der Waals surface area (Å²) >= 11 is 0. The number of amides is 1. The van der Waals surface area contributed by atoms with Crippen molar-refractivity contribution in [2.24, 2.45) is 0 Å². The van der Waals surface area contributed by atoms with Crippen LogP contribution in [0.4, 0.5) is 4.39 Å². The van der Waals surface area contributed by atoms with E-state index in [1.165, 1.54) is 12.1 Å². The molecule has 2 fully saturated rings. The lowest BCUT2D eigenvalue weighted by molar-refractivity contribution is -0.131. The third kappa shape index (κ3) is 4.09. The minimum absolute atomic E-state index is 0. The van der Waals surface area contributed by atoms with Crippen LogP contribution in [0.3, 0.4) is 0 Å². The van der Waals surface area contributed by atoms with Gasteiger partial charge in [0.15, 0.2) is 0 Å². The number of halogens is 2. The van der Waals surface area contributed by atoms with Crippen molar-refractivity contribution in [3.05, 3.63) is 47.5 Å². The lowest BCUT2D eigenvalue weighted by atomic mass is 9.96. The van der Waals surface area contributed by atoms with Gasteiger partial charge in [-0.25, -0.2) is 4.39 Å². The molecule has 3 heterocycles. The molecule has 1 aromatic heterocycles. The van der Waals surface area contributed by atoms with Crippen LogP contribution in [0.25, 0.3) is 11.1 Å². The summed E-state index contributed by atoms with van der Waals surface area (Å²) in [6.45, 7) is 5.09. The third-order valence-electron chi connectivity index (χ3n) is 5.79. The normalized spacial score (nSPS) is 23.5. The highest BCUT2D eigenvalue weighted by atomic mass is 35.5. The lowest BCUT2D eigenvalue weighted by Crippen LogP contribution is -2.47. The number of aryl methyl sites for hydroxylation is 1. The molecule has 2 aliphatic heterocycles. The first-order valence-corrected chi connectivity index (χ1v) is 9.86. The summed E-state index contributed by atoms with van der Waals surface area (Å²) in [6, 6.07) is 8.73. The van der Waals surface area contributed by atoms with Crippen LogP contribution >= 0.6 is 12.4 Å². The minimum atomic E-state index is -0.452. The number of ether oxygens (including phenoxy) is 1. The molecule has 5 nitrogen and oxygen atoms in total. The fraction of sp³-hybridized carbons (Fsp3) is 0.455. The molecule has 0 radical (unpaired) electrons. The molecule has 7 heteroatoms. The number of rotatable bonds is 4. The number of hydrogen-bond donors (Lipinski definition) is 1. The monoisotopic (exact) mass is 419 g/mol. The fourth-order valence-corrected chi connectivity index (χ4v) is 4.41. The second kappa shape index (κ2) is 8.28. The second-order valence-corrected chi connectivity index (χ2v) is 7.83. The van der Waals surface area contributed by atoms with Crippen molar-refractivity contribution in [3.63, 3.8) is 0 Å². The molecule has 1 aromatic carbocycles. The molecule has 156 valence electrons. The maximum absolute atomic E-state index is 14.1. The Kier molecular flexibility index (Phi) is 6.15. The van der Waals surface area contributed by atoms with Gasteiger partial charge < -0.3 is 9.64 Å². The van der Waals surface area contributed by atoms with E-state index in [0.717, 1.165) is 48.3 Å². The molecule has 0 aliphatic carbocycles. The van der Waals surface area contributed by atoms with Gasteiger partial charge in [0.05, 0.1) is 18.3 Å². The SMILES string of the molecule is CCOc1cc(F)cc(-c2cc(C)nc([C@H]3CC[C@@]4(CCN(C)C4=O)N3)c2)c1.Cl. The number of likely N-dealkylation sites (tertiary alicyclic amines) is 1. The van der Waals surface area contributed by atoms with E-state index in [4.69, 9.17) is 9.72 Å². The molecule has 0 saturated carbocycles. The summed E-state index contributed by atoms with van der Waals surface area (Å²) in [5.41, 5.74) is 2.98. The fourth-order valence-electron chi connectivity index (χ4n) is 4.41. The summed E-state index contributed by atoms with van der Waals surface area (Å²) in [4.78, 5) is 19.1. The molecule has 1 N–H and O–H groups in total. The van der Waals surface area contributed by atoms with Crippen LogP contribution in [-0.2, 0) is 4.79 Å². The van der Waals surface area contributed by atoms with Crippen LogP contribution in [0.2, 0.25) is 0 Å². The Hall–Kier alpha value is -2.18. The van der Waals surface area contributed by atoms with Gasteiger partial charge in [-0.15, -0.1) is 12.4 Å². The van der Waals surface area contributed by atoms with Crippen molar-refractivity contribution in [3.8, 4) is 16.9 Å². The summed E-state index contributed by atoms with van der Waals surface area (Å²) in [5.74, 6) is 0.370. The number of nitrogens with zero attached hydrogens (tertiary/aromatic N) is 2. The highest BCUT2D eigenvalue weighted by Crippen LogP contribution is 2.39. The van der Waals surface area contributed by atoms with E-state index in [0.29, 0.717) is 12.4 Å². The lowest BCUT2D eigenvalue weighted by Gasteiger charge is -2.23. The van der Waals surface area contributed by atoms with Gasteiger partial charge in [0, 0.05) is 25.4 Å². The largest absolute Gasteiger partial charge is 0.494 e. The molecule has 0 unspecified atom stereocenters. The van der Waals surface area contributed by atoms with Crippen LogP contribution in [0.5, 0.6) is 5.75 Å². The van der Waals surface area contributed by atoms with Gasteiger partial charge in [0.1, 0.15) is 17.1 Å². The average molecular weight is 420 g/mol. The predicted molar refractivity (Wildman–Crippen MR) is 113 cm³/mol. The third-order valence-corrected chi connectivity index (χ3v) is 5.79. The van der Waals surface area contributed by atoms with Gasteiger partial charge >= 0.3 is 0 Å². The average Bonchev–Trinajstić information content (AvgIpc) is 3.21. The van der Waals surface area contributed by atoms with Crippen molar-refractivity contribution >= 4 is 18.3 Å². The van der Waals surface area contributed by atoms with Crippen LogP contribution in [-0.4, -0.2) is 41.5 Å². The molecular weight excluding hydrogens is 393 g/mol. The number of likely N-dealkylation sites (N-methyl/N-ethyl adjacent to an activating group) is 1. The summed E-state index contributed by atoms with van der Waals surface area (Å²) in [7, 11) is 1.86. The Morgan fingerprint density at radius 1 is 1.24 bits per heavy atom. The van der Waals surface area contributed by atoms with Gasteiger partial charge in [-0.2, -0.15) is 0 Å². The van der Waals surface area contributed by atoms with Crippen LogP contribution < -0.4 is 10.1 Å². The van der Waals surface area contributed by atoms with Gasteiger partial charge in [-0.05, 0) is 68.5 Å². The molecular formula is C22H27ClFN3O2. The van der Waals surface area contributed by atoms with Crippen molar-refractivity contribution < 1.29 is 13.9 Å². The zero-order valence-corrected chi connectivity index (χ0v) is 17.8. The first kappa shape index (κ1) is 21.5. The molecule has 4 rings (SSSR count). The molecule has 2 atom stereocenters. The molecule has 1 amide bonds. The number of nitrogens with one attached hydrogen (secondary N) is 1. The standard InChI is InChI=1S/C22H26FN3O2.ClH/c1-4-28-18-11-16(10-17(23)13-18)15-9-14(2)24-20(12-15)19-5-6-22(25-19)7-8-26(3)21(22)27;/h9-13,19,25H,4-8H2,1-3H3;1H/t19-,22+;/m1./s1. The Morgan fingerprint density at radius 3 is 2.69 bits per heavy atom. The molecule has 1 spiro atoms. The van der Waals surface area contributed by atoms with Crippen molar-refractivity contribution in [2.45, 2.75) is 44.7 Å². The van der Waals surface area contributed by atoms with Crippen molar-refractivity contribution in [2.75, 3.05) is 20.2 Å². The van der Waals surface area contributed by atoms with E-state index in [-0.39, 0.29) is 30.2 Å². The topological polar surface area (TPSA) is 54.5 Å². The minimum Gasteiger partial charge on any atom is -0.494 e. The van der Waals surface area contributed by atoms with Gasteiger partial charge in [-0.3, -0.25) is 15.1 Å². The maximum Gasteiger partial charge on any atom is 0.242 e. The van der Waals surface area contributed by atoms with Crippen LogP contribution in [0.15, 0.2) is 30.3 Å². The van der Waals surface area contributed by atoms with Gasteiger partial charge in [-0.1, -0.05) is 0 Å². The number of aromatic nitrogens is 1. The number of benzene rings is 1. The second-order valence-electron chi connectivity index (χ2n) is 7.83.